The zero-order valence-electron chi connectivity index (χ0n) is 17.8. The van der Waals surface area contributed by atoms with Gasteiger partial charge in [-0.1, -0.05) is 36.4 Å². The largest absolute Gasteiger partial charge is 0.491 e. The van der Waals surface area contributed by atoms with Crippen molar-refractivity contribution in [3.63, 3.8) is 0 Å². The van der Waals surface area contributed by atoms with Crippen LogP contribution in [0.15, 0.2) is 60.7 Å². The molecule has 0 saturated carbocycles. The number of rotatable bonds is 3. The third-order valence-electron chi connectivity index (χ3n) is 5.87. The fourth-order valence-corrected chi connectivity index (χ4v) is 4.39. The lowest BCUT2D eigenvalue weighted by atomic mass is 9.85. The molecule has 0 amide bonds. The van der Waals surface area contributed by atoms with E-state index in [1.54, 1.807) is 6.07 Å². The van der Waals surface area contributed by atoms with Crippen LogP contribution in [0.25, 0.3) is 43.8 Å². The van der Waals surface area contributed by atoms with E-state index < -0.39 is 52.0 Å². The van der Waals surface area contributed by atoms with Crippen LogP contribution in [0.4, 0.5) is 30.7 Å². The maximum Gasteiger partial charge on any atom is 0.204 e. The minimum atomic E-state index is -1.73. The van der Waals surface area contributed by atoms with Crippen molar-refractivity contribution in [3.05, 3.63) is 101 Å². The summed E-state index contributed by atoms with van der Waals surface area (Å²) >= 11 is 0. The topological polar surface area (TPSA) is 9.23 Å². The summed E-state index contributed by atoms with van der Waals surface area (Å²) in [6.07, 6.45) is 0. The van der Waals surface area contributed by atoms with Gasteiger partial charge in [0.15, 0.2) is 29.0 Å². The summed E-state index contributed by atoms with van der Waals surface area (Å²) in [7, 11) is 0.865. The van der Waals surface area contributed by atoms with Gasteiger partial charge >= 0.3 is 0 Å². The Labute approximate surface area is 194 Å². The lowest BCUT2D eigenvalue weighted by Gasteiger charge is -2.19. The van der Waals surface area contributed by atoms with Crippen LogP contribution in [-0.4, -0.2) is 7.11 Å². The first-order valence-corrected chi connectivity index (χ1v) is 10.2. The molecule has 5 aromatic rings. The zero-order chi connectivity index (χ0) is 25.0. The van der Waals surface area contributed by atoms with Crippen molar-refractivity contribution in [2.24, 2.45) is 0 Å². The molecule has 0 bridgehead atoms. The van der Waals surface area contributed by atoms with Crippen molar-refractivity contribution in [2.45, 2.75) is 0 Å². The molecule has 0 unspecified atom stereocenters. The van der Waals surface area contributed by atoms with Crippen LogP contribution < -0.4 is 4.74 Å². The van der Waals surface area contributed by atoms with Gasteiger partial charge in [-0.05, 0) is 56.9 Å². The van der Waals surface area contributed by atoms with E-state index in [2.05, 4.69) is 4.74 Å². The number of fused-ring (bicyclic) bond motifs is 2. The molecule has 0 atom stereocenters. The lowest BCUT2D eigenvalue weighted by molar-refractivity contribution is 0.334. The minimum absolute atomic E-state index is 0.0339. The van der Waals surface area contributed by atoms with E-state index in [9.17, 15) is 22.0 Å². The van der Waals surface area contributed by atoms with Crippen LogP contribution in [0.2, 0.25) is 0 Å². The van der Waals surface area contributed by atoms with Crippen molar-refractivity contribution >= 4 is 21.5 Å². The first-order valence-electron chi connectivity index (χ1n) is 10.2. The molecule has 0 aromatic heterocycles. The maximum absolute atomic E-state index is 15.2. The maximum atomic E-state index is 15.2. The molecule has 0 saturated heterocycles. The summed E-state index contributed by atoms with van der Waals surface area (Å²) in [6.45, 7) is 0. The van der Waals surface area contributed by atoms with E-state index in [1.807, 2.05) is 0 Å². The number of ether oxygens (including phenoxy) is 1. The molecule has 0 fully saturated rings. The summed E-state index contributed by atoms with van der Waals surface area (Å²) in [6, 6.07) is 12.4. The van der Waals surface area contributed by atoms with Crippen molar-refractivity contribution in [3.8, 4) is 28.0 Å². The second-order valence-corrected chi connectivity index (χ2v) is 7.78. The molecule has 0 heterocycles. The lowest BCUT2D eigenvalue weighted by Crippen LogP contribution is -2.05. The van der Waals surface area contributed by atoms with Gasteiger partial charge < -0.3 is 4.74 Å². The number of halogens is 7. The normalized spacial score (nSPS) is 11.4. The molecule has 8 heteroatoms. The Morgan fingerprint density at radius 1 is 0.514 bits per heavy atom. The first kappa shape index (κ1) is 22.7. The molecule has 1 nitrogen and oxygen atoms in total. The fourth-order valence-electron chi connectivity index (χ4n) is 4.39. The van der Waals surface area contributed by atoms with E-state index in [0.717, 1.165) is 31.4 Å². The van der Waals surface area contributed by atoms with Crippen LogP contribution in [-0.2, 0) is 0 Å². The van der Waals surface area contributed by atoms with Gasteiger partial charge in [-0.15, -0.1) is 0 Å². The summed E-state index contributed by atoms with van der Waals surface area (Å²) in [5.41, 5.74) is -0.842. The van der Waals surface area contributed by atoms with Crippen LogP contribution in [0.5, 0.6) is 5.75 Å². The molecule has 0 N–H and O–H groups in total. The van der Waals surface area contributed by atoms with Crippen LogP contribution in [0.3, 0.4) is 0 Å². The molecule has 35 heavy (non-hydrogen) atoms. The van der Waals surface area contributed by atoms with E-state index >= 15 is 8.78 Å². The van der Waals surface area contributed by atoms with Gasteiger partial charge in [0.05, 0.1) is 12.7 Å². The number of hydrogen-bond donors (Lipinski definition) is 0. The third kappa shape index (κ3) is 3.39. The third-order valence-corrected chi connectivity index (χ3v) is 5.87. The Hall–Kier alpha value is -4.07. The van der Waals surface area contributed by atoms with Gasteiger partial charge in [0.1, 0.15) is 5.82 Å². The minimum Gasteiger partial charge on any atom is -0.491 e. The summed E-state index contributed by atoms with van der Waals surface area (Å²) in [5.74, 6) is -11.1. The van der Waals surface area contributed by atoms with Gasteiger partial charge in [-0.2, -0.15) is 8.78 Å². The Bertz CT molecular complexity index is 1630. The Balaban J connectivity index is 2.03. The molecule has 5 aromatic carbocycles. The fraction of sp³-hybridized carbons (Fsp3) is 0.0370. The highest BCUT2D eigenvalue weighted by atomic mass is 19.2. The van der Waals surface area contributed by atoms with Crippen LogP contribution >= 0.6 is 0 Å². The van der Waals surface area contributed by atoms with Crippen molar-refractivity contribution in [1.29, 1.82) is 0 Å². The molecular weight excluding hydrogens is 473 g/mol. The number of hydrogen-bond acceptors (Lipinski definition) is 1. The summed E-state index contributed by atoms with van der Waals surface area (Å²) < 4.78 is 106. The predicted molar refractivity (Wildman–Crippen MR) is 119 cm³/mol. The van der Waals surface area contributed by atoms with Crippen LogP contribution in [0.1, 0.15) is 0 Å². The quantitative estimate of drug-likeness (QED) is 0.142. The van der Waals surface area contributed by atoms with Crippen molar-refractivity contribution in [2.75, 3.05) is 7.11 Å². The molecule has 0 aliphatic carbocycles. The Morgan fingerprint density at radius 2 is 1.11 bits per heavy atom. The van der Waals surface area contributed by atoms with Gasteiger partial charge in [0.25, 0.3) is 0 Å². The van der Waals surface area contributed by atoms with Crippen molar-refractivity contribution < 1.29 is 35.5 Å². The monoisotopic (exact) mass is 486 g/mol. The Morgan fingerprint density at radius 3 is 1.71 bits per heavy atom. The van der Waals surface area contributed by atoms with E-state index in [1.165, 1.54) is 30.3 Å². The average molecular weight is 486 g/mol. The standard InChI is InChI=1S/C27H13F7O/c1-35-27-25(33)23(31)22(24(32)26(27)34)21-15-5-3-2-4-14(15)20(12-6-9-18(29)19(30)10-12)17-11-13(28)7-8-16(17)21/h2-11H,1H3. The molecule has 0 aliphatic heterocycles. The molecule has 0 spiro atoms. The molecular formula is C27H13F7O. The molecule has 0 aliphatic rings. The van der Waals surface area contributed by atoms with E-state index in [4.69, 9.17) is 0 Å². The van der Waals surface area contributed by atoms with Gasteiger partial charge in [0.2, 0.25) is 11.6 Å². The van der Waals surface area contributed by atoms with E-state index in [-0.39, 0.29) is 38.2 Å². The van der Waals surface area contributed by atoms with Gasteiger partial charge in [0, 0.05) is 5.56 Å². The highest BCUT2D eigenvalue weighted by Gasteiger charge is 2.30. The molecule has 5 rings (SSSR count). The second-order valence-electron chi connectivity index (χ2n) is 7.78. The zero-order valence-corrected chi connectivity index (χ0v) is 17.8. The van der Waals surface area contributed by atoms with E-state index in [0.29, 0.717) is 0 Å². The smallest absolute Gasteiger partial charge is 0.204 e. The summed E-state index contributed by atoms with van der Waals surface area (Å²) in [4.78, 5) is 0. The average Bonchev–Trinajstić information content (AvgIpc) is 2.84. The predicted octanol–water partition coefficient (Wildman–Crippen LogP) is 8.31. The Kier molecular flexibility index (Phi) is 5.39. The van der Waals surface area contributed by atoms with Gasteiger partial charge in [-0.25, -0.2) is 22.0 Å². The first-order chi connectivity index (χ1) is 16.7. The second kappa shape index (κ2) is 8.30. The van der Waals surface area contributed by atoms with Gasteiger partial charge in [-0.3, -0.25) is 0 Å². The number of benzene rings is 5. The SMILES string of the molecule is COc1c(F)c(F)c(-c2c3ccccc3c(-c3ccc(F)c(F)c3)c3cc(F)ccc23)c(F)c1F. The molecule has 0 radical (unpaired) electrons. The van der Waals surface area contributed by atoms with Crippen molar-refractivity contribution in [1.82, 2.24) is 0 Å². The highest BCUT2D eigenvalue weighted by Crippen LogP contribution is 2.46. The number of methoxy groups -OCH3 is 1. The highest BCUT2D eigenvalue weighted by molar-refractivity contribution is 6.21. The van der Waals surface area contributed by atoms with Crippen LogP contribution in [0, 0.1) is 40.7 Å². The summed E-state index contributed by atoms with van der Waals surface area (Å²) in [5, 5.41) is 0.516. The molecule has 176 valence electrons.